The molecular weight excluding hydrogens is 195 g/mol. The molecule has 0 aliphatic carbocycles. The molecule has 0 unspecified atom stereocenters. The molecule has 0 aliphatic heterocycles. The summed E-state index contributed by atoms with van der Waals surface area (Å²) in [6, 6.07) is 7.39. The van der Waals surface area contributed by atoms with Gasteiger partial charge in [0.15, 0.2) is 5.82 Å². The van der Waals surface area contributed by atoms with E-state index >= 15 is 0 Å². The normalized spacial score (nSPS) is 10.2. The number of benzene rings is 1. The summed E-state index contributed by atoms with van der Waals surface area (Å²) in [5, 5.41) is 0. The lowest BCUT2D eigenvalue weighted by Gasteiger charge is -2.02. The standard InChI is InChI=1S/C10H9FN4/c11-7-3-1-2-6(4-7)10-14-8(12)5-9(13)15-10/h1-5H,(H4,12,13,14,15). The van der Waals surface area contributed by atoms with E-state index in [4.69, 9.17) is 11.5 Å². The molecule has 0 radical (unpaired) electrons. The molecule has 5 heteroatoms. The summed E-state index contributed by atoms with van der Waals surface area (Å²) in [4.78, 5) is 7.93. The van der Waals surface area contributed by atoms with Crippen LogP contribution in [0.2, 0.25) is 0 Å². The molecule has 4 N–H and O–H groups in total. The summed E-state index contributed by atoms with van der Waals surface area (Å²) < 4.78 is 12.9. The predicted octanol–water partition coefficient (Wildman–Crippen LogP) is 1.45. The van der Waals surface area contributed by atoms with Crippen LogP contribution >= 0.6 is 0 Å². The Kier molecular flexibility index (Phi) is 2.21. The molecule has 4 nitrogen and oxygen atoms in total. The third kappa shape index (κ3) is 2.01. The van der Waals surface area contributed by atoms with Gasteiger partial charge in [0.2, 0.25) is 0 Å². The molecule has 1 aromatic heterocycles. The average Bonchev–Trinajstić information content (AvgIpc) is 2.16. The second kappa shape index (κ2) is 3.53. The fraction of sp³-hybridized carbons (Fsp3) is 0. The first-order valence-electron chi connectivity index (χ1n) is 4.31. The molecule has 0 aliphatic rings. The summed E-state index contributed by atoms with van der Waals surface area (Å²) in [5.74, 6) is 0.507. The summed E-state index contributed by atoms with van der Waals surface area (Å²) in [7, 11) is 0. The first-order valence-corrected chi connectivity index (χ1v) is 4.31. The van der Waals surface area contributed by atoms with Crippen LogP contribution in [0.3, 0.4) is 0 Å². The van der Waals surface area contributed by atoms with Gasteiger partial charge in [-0.2, -0.15) is 0 Å². The molecule has 2 aromatic rings. The van der Waals surface area contributed by atoms with Crippen molar-refractivity contribution >= 4 is 11.6 Å². The van der Waals surface area contributed by atoms with E-state index in [1.165, 1.54) is 18.2 Å². The molecular formula is C10H9FN4. The number of nitrogens with two attached hydrogens (primary N) is 2. The van der Waals surface area contributed by atoms with Gasteiger partial charge in [0.1, 0.15) is 17.5 Å². The van der Waals surface area contributed by atoms with Crippen molar-refractivity contribution in [1.29, 1.82) is 0 Å². The van der Waals surface area contributed by atoms with Crippen molar-refractivity contribution in [1.82, 2.24) is 9.97 Å². The second-order valence-corrected chi connectivity index (χ2v) is 3.05. The van der Waals surface area contributed by atoms with Crippen LogP contribution in [0.5, 0.6) is 0 Å². The van der Waals surface area contributed by atoms with E-state index in [9.17, 15) is 4.39 Å². The Morgan fingerprint density at radius 3 is 2.27 bits per heavy atom. The molecule has 0 spiro atoms. The number of halogens is 1. The minimum Gasteiger partial charge on any atom is -0.384 e. The maximum absolute atomic E-state index is 12.9. The SMILES string of the molecule is Nc1cc(N)nc(-c2cccc(F)c2)n1. The van der Waals surface area contributed by atoms with Gasteiger partial charge >= 0.3 is 0 Å². The van der Waals surface area contributed by atoms with Crippen LogP contribution in [0.1, 0.15) is 0 Å². The van der Waals surface area contributed by atoms with Gasteiger partial charge in [-0.25, -0.2) is 14.4 Å². The highest BCUT2D eigenvalue weighted by molar-refractivity contribution is 5.59. The minimum absolute atomic E-state index is 0.266. The smallest absolute Gasteiger partial charge is 0.163 e. The highest BCUT2D eigenvalue weighted by Crippen LogP contribution is 2.18. The molecule has 1 aromatic carbocycles. The molecule has 0 fully saturated rings. The fourth-order valence-corrected chi connectivity index (χ4v) is 1.24. The van der Waals surface area contributed by atoms with Crippen LogP contribution in [0.15, 0.2) is 30.3 Å². The first-order chi connectivity index (χ1) is 7.15. The Labute approximate surface area is 85.8 Å². The van der Waals surface area contributed by atoms with Crippen molar-refractivity contribution in [2.75, 3.05) is 11.5 Å². The van der Waals surface area contributed by atoms with E-state index in [1.807, 2.05) is 0 Å². The zero-order valence-corrected chi connectivity index (χ0v) is 7.81. The van der Waals surface area contributed by atoms with Crippen molar-refractivity contribution in [3.8, 4) is 11.4 Å². The third-order valence-electron chi connectivity index (χ3n) is 1.85. The molecule has 0 saturated heterocycles. The first kappa shape index (κ1) is 9.39. The Hall–Kier alpha value is -2.17. The van der Waals surface area contributed by atoms with Crippen LogP contribution in [0, 0.1) is 5.82 Å². The zero-order chi connectivity index (χ0) is 10.8. The van der Waals surface area contributed by atoms with Crippen LogP contribution in [0.25, 0.3) is 11.4 Å². The highest BCUT2D eigenvalue weighted by Gasteiger charge is 2.04. The van der Waals surface area contributed by atoms with Crippen molar-refractivity contribution in [2.45, 2.75) is 0 Å². The zero-order valence-electron chi connectivity index (χ0n) is 7.81. The number of rotatable bonds is 1. The number of hydrogen-bond acceptors (Lipinski definition) is 4. The van der Waals surface area contributed by atoms with Crippen LogP contribution in [-0.2, 0) is 0 Å². The van der Waals surface area contributed by atoms with Crippen molar-refractivity contribution < 1.29 is 4.39 Å². The topological polar surface area (TPSA) is 77.8 Å². The number of aromatic nitrogens is 2. The molecule has 2 rings (SSSR count). The van der Waals surface area contributed by atoms with E-state index in [1.54, 1.807) is 12.1 Å². The highest BCUT2D eigenvalue weighted by atomic mass is 19.1. The van der Waals surface area contributed by atoms with Gasteiger partial charge in [-0.05, 0) is 12.1 Å². The quantitative estimate of drug-likeness (QED) is 0.736. The molecule has 0 saturated carbocycles. The van der Waals surface area contributed by atoms with E-state index in [0.29, 0.717) is 11.4 Å². The number of anilines is 2. The predicted molar refractivity (Wildman–Crippen MR) is 56.3 cm³/mol. The van der Waals surface area contributed by atoms with Gasteiger partial charge in [-0.15, -0.1) is 0 Å². The third-order valence-corrected chi connectivity index (χ3v) is 1.85. The van der Waals surface area contributed by atoms with E-state index in [0.717, 1.165) is 0 Å². The monoisotopic (exact) mass is 204 g/mol. The largest absolute Gasteiger partial charge is 0.384 e. The van der Waals surface area contributed by atoms with Gasteiger partial charge in [0, 0.05) is 11.6 Å². The lowest BCUT2D eigenvalue weighted by atomic mass is 10.2. The Morgan fingerprint density at radius 1 is 1.00 bits per heavy atom. The van der Waals surface area contributed by atoms with Crippen molar-refractivity contribution in [3.63, 3.8) is 0 Å². The minimum atomic E-state index is -0.350. The Balaban J connectivity index is 2.54. The molecule has 0 amide bonds. The molecule has 1 heterocycles. The molecule has 0 bridgehead atoms. The second-order valence-electron chi connectivity index (χ2n) is 3.05. The van der Waals surface area contributed by atoms with E-state index in [-0.39, 0.29) is 17.5 Å². The van der Waals surface area contributed by atoms with Crippen LogP contribution in [0.4, 0.5) is 16.0 Å². The fourth-order valence-electron chi connectivity index (χ4n) is 1.24. The maximum Gasteiger partial charge on any atom is 0.163 e. The van der Waals surface area contributed by atoms with Gasteiger partial charge < -0.3 is 11.5 Å². The number of nitrogens with zero attached hydrogens (tertiary/aromatic N) is 2. The lowest BCUT2D eigenvalue weighted by Crippen LogP contribution is -2.00. The van der Waals surface area contributed by atoms with Crippen LogP contribution in [-0.4, -0.2) is 9.97 Å². The van der Waals surface area contributed by atoms with Gasteiger partial charge in [-0.1, -0.05) is 12.1 Å². The van der Waals surface area contributed by atoms with Gasteiger partial charge in [0.05, 0.1) is 0 Å². The maximum atomic E-state index is 12.9. The van der Waals surface area contributed by atoms with Gasteiger partial charge in [0.25, 0.3) is 0 Å². The summed E-state index contributed by atoms with van der Waals surface area (Å²) in [6.07, 6.45) is 0. The average molecular weight is 204 g/mol. The van der Waals surface area contributed by atoms with Crippen LogP contribution < -0.4 is 11.5 Å². The lowest BCUT2D eigenvalue weighted by molar-refractivity contribution is 0.628. The van der Waals surface area contributed by atoms with E-state index < -0.39 is 0 Å². The summed E-state index contributed by atoms with van der Waals surface area (Å²) in [5.41, 5.74) is 11.6. The van der Waals surface area contributed by atoms with Gasteiger partial charge in [-0.3, -0.25) is 0 Å². The number of nitrogen functional groups attached to an aromatic ring is 2. The summed E-state index contributed by atoms with van der Waals surface area (Å²) >= 11 is 0. The molecule has 15 heavy (non-hydrogen) atoms. The Morgan fingerprint density at radius 2 is 1.67 bits per heavy atom. The van der Waals surface area contributed by atoms with Crippen molar-refractivity contribution in [2.24, 2.45) is 0 Å². The summed E-state index contributed by atoms with van der Waals surface area (Å²) in [6.45, 7) is 0. The van der Waals surface area contributed by atoms with E-state index in [2.05, 4.69) is 9.97 Å². The molecule has 0 atom stereocenters. The van der Waals surface area contributed by atoms with Crippen molar-refractivity contribution in [3.05, 3.63) is 36.1 Å². The Bertz CT molecular complexity index is 478. The molecule has 76 valence electrons. The number of hydrogen-bond donors (Lipinski definition) is 2.